The number of hydrogen-bond acceptors (Lipinski definition) is 4. The van der Waals surface area contributed by atoms with Crippen molar-refractivity contribution in [1.82, 2.24) is 14.5 Å². The molecule has 0 unspecified atom stereocenters. The molecule has 0 atom stereocenters. The Bertz CT molecular complexity index is 647. The van der Waals surface area contributed by atoms with Gasteiger partial charge in [-0.25, -0.2) is 13.1 Å². The molecule has 0 amide bonds. The predicted octanol–water partition coefficient (Wildman–Crippen LogP) is 0.523. The molecule has 1 heterocycles. The lowest BCUT2D eigenvalue weighted by Gasteiger charge is -2.06. The molecular weight excluding hydrogens is 264 g/mol. The van der Waals surface area contributed by atoms with Crippen molar-refractivity contribution in [2.45, 2.75) is 11.3 Å². The molecule has 0 fully saturated rings. The maximum Gasteiger partial charge on any atom is 0.240 e. The summed E-state index contributed by atoms with van der Waals surface area (Å²) in [5, 5.41) is 4.18. The zero-order valence-corrected chi connectivity index (χ0v) is 11.4. The van der Waals surface area contributed by atoms with Crippen LogP contribution in [0.5, 0.6) is 0 Å². The summed E-state index contributed by atoms with van der Waals surface area (Å²) in [7, 11) is -1.66. The second kappa shape index (κ2) is 5.41. The molecule has 3 N–H and O–H groups in total. The number of rotatable bonds is 5. The van der Waals surface area contributed by atoms with E-state index < -0.39 is 10.0 Å². The summed E-state index contributed by atoms with van der Waals surface area (Å²) >= 11 is 0. The van der Waals surface area contributed by atoms with Crippen molar-refractivity contribution in [1.29, 1.82) is 0 Å². The zero-order valence-electron chi connectivity index (χ0n) is 10.6. The van der Waals surface area contributed by atoms with E-state index in [4.69, 9.17) is 5.73 Å². The molecule has 0 aliphatic heterocycles. The number of nitrogens with two attached hydrogens (primary N) is 1. The van der Waals surface area contributed by atoms with Crippen molar-refractivity contribution in [2.75, 3.05) is 12.3 Å². The minimum absolute atomic E-state index is 0.211. The van der Waals surface area contributed by atoms with E-state index in [1.54, 1.807) is 16.8 Å². The van der Waals surface area contributed by atoms with Crippen LogP contribution in [0.4, 0.5) is 5.69 Å². The van der Waals surface area contributed by atoms with Crippen molar-refractivity contribution in [2.24, 2.45) is 7.05 Å². The highest BCUT2D eigenvalue weighted by atomic mass is 32.2. The fourth-order valence-electron chi connectivity index (χ4n) is 1.64. The average Bonchev–Trinajstić information content (AvgIpc) is 2.75. The number of sulfonamides is 1. The van der Waals surface area contributed by atoms with Crippen LogP contribution in [0.15, 0.2) is 41.4 Å². The quantitative estimate of drug-likeness (QED) is 0.781. The molecule has 7 heteroatoms. The highest BCUT2D eigenvalue weighted by Gasteiger charge is 2.12. The molecule has 2 aromatic rings. The Balaban J connectivity index is 1.96. The minimum atomic E-state index is -3.48. The Morgan fingerprint density at radius 1 is 1.26 bits per heavy atom. The molecule has 0 bridgehead atoms. The molecule has 0 radical (unpaired) electrons. The number of aromatic nitrogens is 2. The molecule has 2 rings (SSSR count). The smallest absolute Gasteiger partial charge is 0.240 e. The van der Waals surface area contributed by atoms with Crippen molar-refractivity contribution in [3.05, 3.63) is 42.2 Å². The first-order chi connectivity index (χ1) is 8.97. The van der Waals surface area contributed by atoms with Gasteiger partial charge < -0.3 is 5.73 Å². The van der Waals surface area contributed by atoms with Gasteiger partial charge in [-0.1, -0.05) is 0 Å². The monoisotopic (exact) mass is 280 g/mol. The number of hydrogen-bond donors (Lipinski definition) is 2. The summed E-state index contributed by atoms with van der Waals surface area (Å²) in [5.41, 5.74) is 6.91. The van der Waals surface area contributed by atoms with Crippen molar-refractivity contribution in [3.63, 3.8) is 0 Å². The van der Waals surface area contributed by atoms with Gasteiger partial charge in [0, 0.05) is 31.9 Å². The van der Waals surface area contributed by atoms with E-state index in [1.807, 2.05) is 19.3 Å². The van der Waals surface area contributed by atoms with Gasteiger partial charge in [0.25, 0.3) is 0 Å². The van der Waals surface area contributed by atoms with Crippen molar-refractivity contribution >= 4 is 15.7 Å². The summed E-state index contributed by atoms with van der Waals surface area (Å²) in [5.74, 6) is 0. The predicted molar refractivity (Wildman–Crippen MR) is 73.0 cm³/mol. The Hall–Kier alpha value is -1.86. The van der Waals surface area contributed by atoms with E-state index in [9.17, 15) is 8.42 Å². The van der Waals surface area contributed by atoms with Gasteiger partial charge in [-0.3, -0.25) is 4.68 Å². The van der Waals surface area contributed by atoms with Gasteiger partial charge in [0.05, 0.1) is 10.6 Å². The summed E-state index contributed by atoms with van der Waals surface area (Å²) in [6.07, 6.45) is 2.37. The summed E-state index contributed by atoms with van der Waals surface area (Å²) in [4.78, 5) is 0.211. The number of nitrogens with zero attached hydrogens (tertiary/aromatic N) is 2. The zero-order chi connectivity index (χ0) is 13.9. The lowest BCUT2D eigenvalue weighted by molar-refractivity contribution is 0.581. The van der Waals surface area contributed by atoms with Crippen LogP contribution in [0.2, 0.25) is 0 Å². The molecule has 19 heavy (non-hydrogen) atoms. The van der Waals surface area contributed by atoms with E-state index in [1.165, 1.54) is 12.1 Å². The fraction of sp³-hybridized carbons (Fsp3) is 0.250. The first-order valence-electron chi connectivity index (χ1n) is 5.81. The Labute approximate surface area is 112 Å². The average molecular weight is 280 g/mol. The largest absolute Gasteiger partial charge is 0.399 e. The third kappa shape index (κ3) is 3.55. The highest BCUT2D eigenvalue weighted by Crippen LogP contribution is 2.11. The topological polar surface area (TPSA) is 90.0 Å². The normalized spacial score (nSPS) is 11.6. The van der Waals surface area contributed by atoms with Crippen LogP contribution in [-0.4, -0.2) is 24.7 Å². The SMILES string of the molecule is Cn1ccc(CCNS(=O)(=O)c2ccc(N)cc2)n1. The van der Waals surface area contributed by atoms with Gasteiger partial charge >= 0.3 is 0 Å². The van der Waals surface area contributed by atoms with Gasteiger partial charge in [0.1, 0.15) is 0 Å². The van der Waals surface area contributed by atoms with Crippen molar-refractivity contribution in [3.8, 4) is 0 Å². The van der Waals surface area contributed by atoms with Gasteiger partial charge in [0.2, 0.25) is 10.0 Å². The maximum atomic E-state index is 12.0. The van der Waals surface area contributed by atoms with E-state index in [0.29, 0.717) is 18.7 Å². The number of nitrogens with one attached hydrogen (secondary N) is 1. The van der Waals surface area contributed by atoms with Crippen LogP contribution in [-0.2, 0) is 23.5 Å². The number of anilines is 1. The number of aryl methyl sites for hydroxylation is 1. The molecule has 102 valence electrons. The van der Waals surface area contributed by atoms with Crippen molar-refractivity contribution < 1.29 is 8.42 Å². The van der Waals surface area contributed by atoms with E-state index in [-0.39, 0.29) is 4.90 Å². The Morgan fingerprint density at radius 2 is 1.95 bits per heavy atom. The molecule has 6 nitrogen and oxygen atoms in total. The highest BCUT2D eigenvalue weighted by molar-refractivity contribution is 7.89. The lowest BCUT2D eigenvalue weighted by Crippen LogP contribution is -2.26. The Kier molecular flexibility index (Phi) is 3.87. The van der Waals surface area contributed by atoms with Gasteiger partial charge in [-0.2, -0.15) is 5.10 Å². The summed E-state index contributed by atoms with van der Waals surface area (Å²) in [6, 6.07) is 7.95. The minimum Gasteiger partial charge on any atom is -0.399 e. The van der Waals surface area contributed by atoms with Crippen LogP contribution in [0, 0.1) is 0 Å². The number of nitrogen functional groups attached to an aromatic ring is 1. The maximum absolute atomic E-state index is 12.0. The molecule has 0 spiro atoms. The summed E-state index contributed by atoms with van der Waals surface area (Å²) in [6.45, 7) is 0.309. The van der Waals surface area contributed by atoms with Crippen LogP contribution in [0.3, 0.4) is 0 Å². The lowest BCUT2D eigenvalue weighted by atomic mass is 10.3. The van der Waals surface area contributed by atoms with Crippen LogP contribution < -0.4 is 10.5 Å². The number of benzene rings is 1. The molecule has 0 saturated heterocycles. The molecule has 0 aliphatic carbocycles. The van der Waals surface area contributed by atoms with Gasteiger partial charge in [-0.15, -0.1) is 0 Å². The first-order valence-corrected chi connectivity index (χ1v) is 7.29. The second-order valence-electron chi connectivity index (χ2n) is 4.20. The fourth-order valence-corrected chi connectivity index (χ4v) is 2.67. The van der Waals surface area contributed by atoms with E-state index in [0.717, 1.165) is 5.69 Å². The standard InChI is InChI=1S/C12H16N4O2S/c1-16-9-7-11(15-16)6-8-14-19(17,18)12-4-2-10(13)3-5-12/h2-5,7,9,14H,6,8,13H2,1H3. The van der Waals surface area contributed by atoms with Crippen LogP contribution >= 0.6 is 0 Å². The first kappa shape index (κ1) is 13.6. The van der Waals surface area contributed by atoms with Gasteiger partial charge in [-0.05, 0) is 30.3 Å². The van der Waals surface area contributed by atoms with E-state index in [2.05, 4.69) is 9.82 Å². The van der Waals surface area contributed by atoms with Gasteiger partial charge in [0.15, 0.2) is 0 Å². The van der Waals surface area contributed by atoms with Crippen LogP contribution in [0.1, 0.15) is 5.69 Å². The molecule has 0 aliphatic rings. The second-order valence-corrected chi connectivity index (χ2v) is 5.96. The molecule has 0 saturated carbocycles. The molecule has 1 aromatic heterocycles. The third-order valence-corrected chi connectivity index (χ3v) is 4.11. The molecule has 1 aromatic carbocycles. The third-order valence-electron chi connectivity index (χ3n) is 2.63. The van der Waals surface area contributed by atoms with E-state index >= 15 is 0 Å². The molecular formula is C12H16N4O2S. The van der Waals surface area contributed by atoms with Crippen LogP contribution in [0.25, 0.3) is 0 Å². The Morgan fingerprint density at radius 3 is 2.53 bits per heavy atom. The summed E-state index contributed by atoms with van der Waals surface area (Å²) < 4.78 is 28.1.